The lowest BCUT2D eigenvalue weighted by Gasteiger charge is -2.43. The quantitative estimate of drug-likeness (QED) is 0.861. The number of hydrogen-bond donors (Lipinski definition) is 2. The van der Waals surface area contributed by atoms with Crippen LogP contribution in [0.15, 0.2) is 18.2 Å². The van der Waals surface area contributed by atoms with Gasteiger partial charge in [0, 0.05) is 17.6 Å². The second-order valence-corrected chi connectivity index (χ2v) is 6.94. The normalized spacial score (nSPS) is 29.3. The average molecular weight is 359 g/mol. The van der Waals surface area contributed by atoms with Crippen LogP contribution in [0.5, 0.6) is 5.75 Å². The van der Waals surface area contributed by atoms with Crippen LogP contribution >= 0.6 is 24.0 Å². The highest BCUT2D eigenvalue weighted by atomic mass is 35.5. The summed E-state index contributed by atoms with van der Waals surface area (Å²) in [5.41, 5.74) is 7.01. The molecule has 2 saturated carbocycles. The highest BCUT2D eigenvalue weighted by molar-refractivity contribution is 6.32. The molecule has 6 heteroatoms. The minimum Gasteiger partial charge on any atom is -0.495 e. The first-order valence-electron chi connectivity index (χ1n) is 7.98. The monoisotopic (exact) mass is 358 g/mol. The maximum absolute atomic E-state index is 12.5. The first kappa shape index (κ1) is 18.4. The van der Waals surface area contributed by atoms with Crippen LogP contribution in [0, 0.1) is 17.8 Å². The summed E-state index contributed by atoms with van der Waals surface area (Å²) in [4.78, 5) is 12.5. The van der Waals surface area contributed by atoms with Crippen molar-refractivity contribution in [3.8, 4) is 5.75 Å². The van der Waals surface area contributed by atoms with Crippen LogP contribution < -0.4 is 15.8 Å². The van der Waals surface area contributed by atoms with Crippen LogP contribution in [0.2, 0.25) is 5.02 Å². The first-order chi connectivity index (χ1) is 10.6. The lowest BCUT2D eigenvalue weighted by molar-refractivity contribution is -0.122. The van der Waals surface area contributed by atoms with Gasteiger partial charge in [-0.1, -0.05) is 18.0 Å². The van der Waals surface area contributed by atoms with Gasteiger partial charge >= 0.3 is 0 Å². The van der Waals surface area contributed by atoms with Gasteiger partial charge in [0.1, 0.15) is 5.75 Å². The van der Waals surface area contributed by atoms with Crippen LogP contribution in [0.3, 0.4) is 0 Å². The molecule has 4 nitrogen and oxygen atoms in total. The fourth-order valence-electron chi connectivity index (χ4n) is 3.99. The van der Waals surface area contributed by atoms with E-state index in [9.17, 15) is 4.79 Å². The molecule has 0 saturated heterocycles. The summed E-state index contributed by atoms with van der Waals surface area (Å²) in [6, 6.07) is 5.60. The summed E-state index contributed by atoms with van der Waals surface area (Å²) in [7, 11) is 1.57. The van der Waals surface area contributed by atoms with Gasteiger partial charge in [0.05, 0.1) is 12.1 Å². The van der Waals surface area contributed by atoms with E-state index in [1.165, 1.54) is 6.42 Å². The fourth-order valence-corrected chi connectivity index (χ4v) is 4.25. The number of rotatable bonds is 3. The zero-order valence-electron chi connectivity index (χ0n) is 13.3. The number of anilines is 1. The molecule has 2 unspecified atom stereocenters. The topological polar surface area (TPSA) is 64.3 Å². The number of carbonyl (C=O) groups is 1. The summed E-state index contributed by atoms with van der Waals surface area (Å²) in [6.45, 7) is 0. The zero-order chi connectivity index (χ0) is 15.7. The van der Waals surface area contributed by atoms with Crippen LogP contribution in [-0.2, 0) is 4.79 Å². The lowest BCUT2D eigenvalue weighted by Crippen LogP contribution is -2.48. The maximum atomic E-state index is 12.5. The standard InChI is InChI=1S/C17H23ClN2O2.ClH/c1-22-15-6-5-13(9-14(15)18)20-17(21)12-7-10-3-2-4-11(8-12)16(10)19;/h5-6,9-12,16H,2-4,7-8,19H2,1H3,(H,20,21);1H. The number of nitrogens with one attached hydrogen (secondary N) is 1. The van der Waals surface area contributed by atoms with E-state index in [-0.39, 0.29) is 30.3 Å². The second kappa shape index (κ2) is 7.73. The molecule has 1 aromatic rings. The van der Waals surface area contributed by atoms with Crippen molar-refractivity contribution < 1.29 is 9.53 Å². The minimum atomic E-state index is 0. The molecule has 2 aliphatic carbocycles. The summed E-state index contributed by atoms with van der Waals surface area (Å²) < 4.78 is 5.12. The smallest absolute Gasteiger partial charge is 0.227 e. The molecule has 2 bridgehead atoms. The van der Waals surface area contributed by atoms with Crippen molar-refractivity contribution in [3.63, 3.8) is 0 Å². The SMILES string of the molecule is COc1ccc(NC(=O)C2CC3CCCC(C2)C3N)cc1Cl.Cl. The van der Waals surface area contributed by atoms with Gasteiger partial charge in [-0.3, -0.25) is 4.79 Å². The van der Waals surface area contributed by atoms with Gasteiger partial charge in [0.15, 0.2) is 0 Å². The van der Waals surface area contributed by atoms with Gasteiger partial charge in [0.2, 0.25) is 5.91 Å². The zero-order valence-corrected chi connectivity index (χ0v) is 14.8. The molecule has 0 spiro atoms. The molecule has 128 valence electrons. The van der Waals surface area contributed by atoms with Crippen LogP contribution in [-0.4, -0.2) is 19.1 Å². The van der Waals surface area contributed by atoms with E-state index < -0.39 is 0 Å². The van der Waals surface area contributed by atoms with Crippen molar-refractivity contribution in [2.75, 3.05) is 12.4 Å². The van der Waals surface area contributed by atoms with Crippen molar-refractivity contribution in [2.45, 2.75) is 38.1 Å². The van der Waals surface area contributed by atoms with Crippen molar-refractivity contribution >= 4 is 35.6 Å². The number of amides is 1. The number of benzene rings is 1. The number of carbonyl (C=O) groups excluding carboxylic acids is 1. The Labute approximate surface area is 148 Å². The van der Waals surface area contributed by atoms with Gasteiger partial charge in [-0.2, -0.15) is 0 Å². The first-order valence-corrected chi connectivity index (χ1v) is 8.36. The predicted molar refractivity (Wildman–Crippen MR) is 95.4 cm³/mol. The van der Waals surface area contributed by atoms with Gasteiger partial charge in [0.25, 0.3) is 0 Å². The molecule has 0 aliphatic heterocycles. The van der Waals surface area contributed by atoms with E-state index in [4.69, 9.17) is 22.1 Å². The van der Waals surface area contributed by atoms with Crippen molar-refractivity contribution in [3.05, 3.63) is 23.2 Å². The number of nitrogens with two attached hydrogens (primary N) is 1. The van der Waals surface area contributed by atoms with Gasteiger partial charge in [-0.15, -0.1) is 12.4 Å². The minimum absolute atomic E-state index is 0. The van der Waals surface area contributed by atoms with Crippen molar-refractivity contribution in [2.24, 2.45) is 23.5 Å². The van der Waals surface area contributed by atoms with Gasteiger partial charge < -0.3 is 15.8 Å². The predicted octanol–water partition coefficient (Wildman–Crippen LogP) is 3.86. The van der Waals surface area contributed by atoms with E-state index in [2.05, 4.69) is 5.32 Å². The highest BCUT2D eigenvalue weighted by Crippen LogP contribution is 2.42. The molecule has 1 aromatic carbocycles. The Morgan fingerprint density at radius 3 is 2.52 bits per heavy atom. The van der Waals surface area contributed by atoms with E-state index in [1.807, 2.05) is 6.07 Å². The van der Waals surface area contributed by atoms with Crippen LogP contribution in [0.4, 0.5) is 5.69 Å². The Bertz CT molecular complexity index is 554. The third kappa shape index (κ3) is 3.93. The summed E-state index contributed by atoms with van der Waals surface area (Å²) in [5.74, 6) is 1.77. The van der Waals surface area contributed by atoms with Gasteiger partial charge in [-0.25, -0.2) is 0 Å². The number of methoxy groups -OCH3 is 1. The van der Waals surface area contributed by atoms with E-state index in [1.54, 1.807) is 19.2 Å². The molecule has 23 heavy (non-hydrogen) atoms. The van der Waals surface area contributed by atoms with E-state index in [0.29, 0.717) is 22.6 Å². The molecule has 0 aromatic heterocycles. The molecule has 3 N–H and O–H groups in total. The molecule has 2 aliphatic rings. The molecular weight excluding hydrogens is 335 g/mol. The summed E-state index contributed by atoms with van der Waals surface area (Å²) in [5, 5.41) is 3.49. The van der Waals surface area contributed by atoms with E-state index >= 15 is 0 Å². The Balaban J connectivity index is 0.00000192. The highest BCUT2D eigenvalue weighted by Gasteiger charge is 2.40. The molecule has 2 fully saturated rings. The van der Waals surface area contributed by atoms with E-state index in [0.717, 1.165) is 31.4 Å². The molecule has 0 heterocycles. The third-order valence-electron chi connectivity index (χ3n) is 5.20. The van der Waals surface area contributed by atoms with Crippen LogP contribution in [0.1, 0.15) is 32.1 Å². The number of fused-ring (bicyclic) bond motifs is 2. The molecule has 0 radical (unpaired) electrons. The fraction of sp³-hybridized carbons (Fsp3) is 0.588. The average Bonchev–Trinajstić information content (AvgIpc) is 2.47. The number of ether oxygens (including phenoxy) is 1. The third-order valence-corrected chi connectivity index (χ3v) is 5.50. The maximum Gasteiger partial charge on any atom is 0.227 e. The summed E-state index contributed by atoms with van der Waals surface area (Å²) >= 11 is 6.10. The molecule has 3 rings (SSSR count). The molecule has 1 amide bonds. The Morgan fingerprint density at radius 1 is 1.30 bits per heavy atom. The van der Waals surface area contributed by atoms with Gasteiger partial charge in [-0.05, 0) is 55.7 Å². The number of hydrogen-bond acceptors (Lipinski definition) is 3. The summed E-state index contributed by atoms with van der Waals surface area (Å²) in [6.07, 6.45) is 5.40. The number of halogens is 2. The molecule has 2 atom stereocenters. The second-order valence-electron chi connectivity index (χ2n) is 6.54. The Morgan fingerprint density at radius 2 is 1.96 bits per heavy atom. The van der Waals surface area contributed by atoms with Crippen LogP contribution in [0.25, 0.3) is 0 Å². The molecular formula is C17H24Cl2N2O2. The van der Waals surface area contributed by atoms with Crippen molar-refractivity contribution in [1.29, 1.82) is 0 Å². The Hall–Kier alpha value is -0.970. The Kier molecular flexibility index (Phi) is 6.18. The van der Waals surface area contributed by atoms with Crippen molar-refractivity contribution in [1.82, 2.24) is 0 Å². The largest absolute Gasteiger partial charge is 0.495 e. The lowest BCUT2D eigenvalue weighted by atomic mass is 9.65.